The summed E-state index contributed by atoms with van der Waals surface area (Å²) in [7, 11) is 0. The average molecular weight is 221 g/mol. The monoisotopic (exact) mass is 221 g/mol. The average Bonchev–Trinajstić information content (AvgIpc) is 2.29. The Balaban J connectivity index is 3.04. The van der Waals surface area contributed by atoms with Gasteiger partial charge in [0.05, 0.1) is 12.3 Å². The van der Waals surface area contributed by atoms with Crippen molar-refractivity contribution < 1.29 is 9.53 Å². The van der Waals surface area contributed by atoms with Crippen LogP contribution < -0.4 is 0 Å². The van der Waals surface area contributed by atoms with Crippen molar-refractivity contribution in [3.8, 4) is 0 Å². The fourth-order valence-electron chi connectivity index (χ4n) is 1.51. The van der Waals surface area contributed by atoms with Crippen molar-refractivity contribution in [1.82, 2.24) is 4.98 Å². The lowest BCUT2D eigenvalue weighted by molar-refractivity contribution is -0.149. The van der Waals surface area contributed by atoms with Crippen molar-refractivity contribution in [3.63, 3.8) is 0 Å². The van der Waals surface area contributed by atoms with Crippen LogP contribution in [0.3, 0.4) is 0 Å². The van der Waals surface area contributed by atoms with E-state index in [1.807, 2.05) is 39.8 Å². The fraction of sp³-hybridized carbons (Fsp3) is 0.538. The molecule has 0 aromatic carbocycles. The van der Waals surface area contributed by atoms with E-state index < -0.39 is 5.41 Å². The second kappa shape index (κ2) is 5.10. The quantitative estimate of drug-likeness (QED) is 0.734. The van der Waals surface area contributed by atoms with Crippen LogP contribution in [0, 0.1) is 6.92 Å². The van der Waals surface area contributed by atoms with Crippen LogP contribution in [-0.2, 0) is 14.9 Å². The van der Waals surface area contributed by atoms with Gasteiger partial charge in [-0.15, -0.1) is 0 Å². The molecule has 0 aliphatic rings. The zero-order valence-corrected chi connectivity index (χ0v) is 10.4. The standard InChI is InChI=1S/C13H19NO2/c1-5-13(4,12(15)16-6-2)11-8-7-10(3)9-14-11/h7-9H,5-6H2,1-4H3. The Kier molecular flexibility index (Phi) is 4.05. The maximum absolute atomic E-state index is 11.9. The van der Waals surface area contributed by atoms with Crippen LogP contribution in [0.15, 0.2) is 18.3 Å². The van der Waals surface area contributed by atoms with Crippen molar-refractivity contribution in [1.29, 1.82) is 0 Å². The predicted molar refractivity (Wildman–Crippen MR) is 63.3 cm³/mol. The summed E-state index contributed by atoms with van der Waals surface area (Å²) in [4.78, 5) is 16.2. The number of nitrogens with zero attached hydrogens (tertiary/aromatic N) is 1. The molecule has 0 aliphatic heterocycles. The SMILES string of the molecule is CCOC(=O)C(C)(CC)c1ccc(C)cn1. The van der Waals surface area contributed by atoms with Crippen molar-refractivity contribution in [2.45, 2.75) is 39.5 Å². The van der Waals surface area contributed by atoms with E-state index in [9.17, 15) is 4.79 Å². The highest BCUT2D eigenvalue weighted by Gasteiger charge is 2.36. The molecule has 16 heavy (non-hydrogen) atoms. The van der Waals surface area contributed by atoms with Crippen molar-refractivity contribution in [3.05, 3.63) is 29.6 Å². The van der Waals surface area contributed by atoms with Gasteiger partial charge in [0.2, 0.25) is 0 Å². The van der Waals surface area contributed by atoms with Crippen LogP contribution in [0.1, 0.15) is 38.4 Å². The Labute approximate surface area is 96.8 Å². The van der Waals surface area contributed by atoms with Gasteiger partial charge in [-0.2, -0.15) is 0 Å². The van der Waals surface area contributed by atoms with E-state index in [1.165, 1.54) is 0 Å². The molecule has 3 heteroatoms. The van der Waals surface area contributed by atoms with Crippen LogP contribution in [0.4, 0.5) is 0 Å². The first-order valence-corrected chi connectivity index (χ1v) is 5.65. The second-order valence-electron chi connectivity index (χ2n) is 4.13. The van der Waals surface area contributed by atoms with Gasteiger partial charge in [0, 0.05) is 6.20 Å². The number of hydrogen-bond acceptors (Lipinski definition) is 3. The summed E-state index contributed by atoms with van der Waals surface area (Å²) >= 11 is 0. The first-order valence-electron chi connectivity index (χ1n) is 5.65. The lowest BCUT2D eigenvalue weighted by atomic mass is 9.83. The summed E-state index contributed by atoms with van der Waals surface area (Å²) < 4.78 is 5.10. The first-order chi connectivity index (χ1) is 7.54. The molecule has 0 radical (unpaired) electrons. The molecule has 0 bridgehead atoms. The molecule has 88 valence electrons. The Morgan fingerprint density at radius 3 is 2.56 bits per heavy atom. The van der Waals surface area contributed by atoms with Gasteiger partial charge in [0.1, 0.15) is 5.41 Å². The summed E-state index contributed by atoms with van der Waals surface area (Å²) in [6.07, 6.45) is 2.46. The zero-order valence-electron chi connectivity index (χ0n) is 10.4. The molecule has 1 heterocycles. The molecule has 0 aliphatic carbocycles. The van der Waals surface area contributed by atoms with E-state index in [0.717, 1.165) is 11.3 Å². The van der Waals surface area contributed by atoms with Gasteiger partial charge in [-0.1, -0.05) is 13.0 Å². The fourth-order valence-corrected chi connectivity index (χ4v) is 1.51. The topological polar surface area (TPSA) is 39.2 Å². The van der Waals surface area contributed by atoms with Gasteiger partial charge in [-0.25, -0.2) is 0 Å². The highest BCUT2D eigenvalue weighted by Crippen LogP contribution is 2.27. The molecular weight excluding hydrogens is 202 g/mol. The van der Waals surface area contributed by atoms with Crippen molar-refractivity contribution in [2.75, 3.05) is 6.61 Å². The second-order valence-corrected chi connectivity index (χ2v) is 4.13. The van der Waals surface area contributed by atoms with Crippen molar-refractivity contribution in [2.24, 2.45) is 0 Å². The van der Waals surface area contributed by atoms with E-state index in [2.05, 4.69) is 4.98 Å². The number of ether oxygens (including phenoxy) is 1. The Hall–Kier alpha value is -1.38. The van der Waals surface area contributed by atoms with Crippen LogP contribution in [0.5, 0.6) is 0 Å². The van der Waals surface area contributed by atoms with Crippen molar-refractivity contribution >= 4 is 5.97 Å². The van der Waals surface area contributed by atoms with Crippen LogP contribution >= 0.6 is 0 Å². The number of aromatic nitrogens is 1. The number of hydrogen-bond donors (Lipinski definition) is 0. The lowest BCUT2D eigenvalue weighted by Crippen LogP contribution is -2.34. The molecule has 1 atom stereocenters. The van der Waals surface area contributed by atoms with Gasteiger partial charge >= 0.3 is 5.97 Å². The smallest absolute Gasteiger partial charge is 0.317 e. The molecular formula is C13H19NO2. The third-order valence-corrected chi connectivity index (χ3v) is 2.91. The van der Waals surface area contributed by atoms with Crippen LogP contribution in [-0.4, -0.2) is 17.6 Å². The molecule has 1 aromatic heterocycles. The van der Waals surface area contributed by atoms with Gasteiger partial charge in [-0.3, -0.25) is 9.78 Å². The summed E-state index contributed by atoms with van der Waals surface area (Å²) in [6.45, 7) is 8.04. The highest BCUT2D eigenvalue weighted by molar-refractivity contribution is 5.82. The molecule has 1 unspecified atom stereocenters. The molecule has 0 saturated carbocycles. The Bertz CT molecular complexity index is 359. The molecule has 0 spiro atoms. The van der Waals surface area contributed by atoms with E-state index in [1.54, 1.807) is 6.20 Å². The lowest BCUT2D eigenvalue weighted by Gasteiger charge is -2.25. The Morgan fingerprint density at radius 2 is 2.12 bits per heavy atom. The first kappa shape index (κ1) is 12.7. The number of pyridine rings is 1. The molecule has 3 nitrogen and oxygen atoms in total. The summed E-state index contributed by atoms with van der Waals surface area (Å²) in [6, 6.07) is 3.87. The maximum atomic E-state index is 11.9. The third kappa shape index (κ3) is 2.40. The molecule has 1 aromatic rings. The summed E-state index contributed by atoms with van der Waals surface area (Å²) in [5, 5.41) is 0. The van der Waals surface area contributed by atoms with E-state index in [4.69, 9.17) is 4.74 Å². The normalized spacial score (nSPS) is 14.2. The molecule has 0 saturated heterocycles. The van der Waals surface area contributed by atoms with E-state index in [-0.39, 0.29) is 5.97 Å². The molecule has 0 amide bonds. The Morgan fingerprint density at radius 1 is 1.44 bits per heavy atom. The molecule has 1 rings (SSSR count). The van der Waals surface area contributed by atoms with Crippen LogP contribution in [0.2, 0.25) is 0 Å². The maximum Gasteiger partial charge on any atom is 0.317 e. The van der Waals surface area contributed by atoms with E-state index in [0.29, 0.717) is 13.0 Å². The van der Waals surface area contributed by atoms with Gasteiger partial charge in [0.15, 0.2) is 0 Å². The largest absolute Gasteiger partial charge is 0.465 e. The molecule has 0 N–H and O–H groups in total. The summed E-state index contributed by atoms with van der Waals surface area (Å²) in [5.74, 6) is -0.200. The number of rotatable bonds is 4. The predicted octanol–water partition coefficient (Wildman–Crippen LogP) is 2.62. The summed E-state index contributed by atoms with van der Waals surface area (Å²) in [5.41, 5.74) is 1.23. The minimum Gasteiger partial charge on any atom is -0.465 e. The van der Waals surface area contributed by atoms with E-state index >= 15 is 0 Å². The number of aryl methyl sites for hydroxylation is 1. The number of carbonyl (C=O) groups is 1. The number of esters is 1. The highest BCUT2D eigenvalue weighted by atomic mass is 16.5. The third-order valence-electron chi connectivity index (χ3n) is 2.91. The minimum atomic E-state index is -0.635. The van der Waals surface area contributed by atoms with Crippen LogP contribution in [0.25, 0.3) is 0 Å². The minimum absolute atomic E-state index is 0.200. The molecule has 0 fully saturated rings. The van der Waals surface area contributed by atoms with Gasteiger partial charge in [-0.05, 0) is 38.8 Å². The number of carbonyl (C=O) groups excluding carboxylic acids is 1. The zero-order chi connectivity index (χ0) is 12.2. The van der Waals surface area contributed by atoms with Gasteiger partial charge < -0.3 is 4.74 Å². The van der Waals surface area contributed by atoms with Gasteiger partial charge in [0.25, 0.3) is 0 Å².